The zero-order valence-corrected chi connectivity index (χ0v) is 12.7. The van der Waals surface area contributed by atoms with Gasteiger partial charge in [-0.3, -0.25) is 4.79 Å². The Morgan fingerprint density at radius 3 is 2.30 bits per heavy atom. The monoisotopic (exact) mass is 282 g/mol. The van der Waals surface area contributed by atoms with E-state index in [0.717, 1.165) is 6.42 Å². The second kappa shape index (κ2) is 6.02. The van der Waals surface area contributed by atoms with Crippen LogP contribution in [0.2, 0.25) is 0 Å². The van der Waals surface area contributed by atoms with Crippen LogP contribution in [0, 0.1) is 17.8 Å². The van der Waals surface area contributed by atoms with Crippen molar-refractivity contribution in [2.75, 3.05) is 20.1 Å². The molecule has 2 amide bonds. The number of carbonyl (C=O) groups excluding carboxylic acids is 1. The number of amides is 2. The predicted molar refractivity (Wildman–Crippen MR) is 76.4 cm³/mol. The molecular weight excluding hydrogens is 256 g/mol. The topological polar surface area (TPSA) is 60.9 Å². The molecule has 1 heterocycles. The Morgan fingerprint density at radius 2 is 1.75 bits per heavy atom. The molecule has 1 N–H and O–H groups in total. The van der Waals surface area contributed by atoms with Crippen LogP contribution in [0.1, 0.15) is 39.5 Å². The summed E-state index contributed by atoms with van der Waals surface area (Å²) in [7, 11) is 1.87. The smallest absolute Gasteiger partial charge is 0.320 e. The van der Waals surface area contributed by atoms with Crippen LogP contribution in [-0.2, 0) is 4.79 Å². The lowest BCUT2D eigenvalue weighted by Gasteiger charge is -2.38. The van der Waals surface area contributed by atoms with Gasteiger partial charge in [0, 0.05) is 26.2 Å². The minimum absolute atomic E-state index is 0.000602. The maximum Gasteiger partial charge on any atom is 0.320 e. The summed E-state index contributed by atoms with van der Waals surface area (Å²) in [5.41, 5.74) is 0. The van der Waals surface area contributed by atoms with E-state index in [-0.39, 0.29) is 11.9 Å². The van der Waals surface area contributed by atoms with Gasteiger partial charge >= 0.3 is 12.0 Å². The van der Waals surface area contributed by atoms with Gasteiger partial charge in [-0.2, -0.15) is 0 Å². The fourth-order valence-electron chi connectivity index (χ4n) is 3.68. The summed E-state index contributed by atoms with van der Waals surface area (Å²) < 4.78 is 0. The van der Waals surface area contributed by atoms with Crippen LogP contribution in [0.3, 0.4) is 0 Å². The van der Waals surface area contributed by atoms with E-state index in [9.17, 15) is 9.59 Å². The maximum atomic E-state index is 12.6. The molecule has 1 saturated heterocycles. The molecule has 0 spiro atoms. The summed E-state index contributed by atoms with van der Waals surface area (Å²) in [6, 6.07) is 0.301. The first kappa shape index (κ1) is 15.1. The zero-order chi connectivity index (χ0) is 14.9. The normalized spacial score (nSPS) is 34.0. The summed E-state index contributed by atoms with van der Waals surface area (Å²) in [5, 5.41) is 9.16. The standard InChI is InChI=1S/C15H26N2O3/c1-10-6-4-5-7-13(10)16(3)15(20)17-8-11(2)12(9-17)14(18)19/h10-13H,4-9H2,1-3H3,(H,18,19)/t10?,11-,12-,13?/m1/s1. The van der Waals surface area contributed by atoms with Gasteiger partial charge in [-0.1, -0.05) is 26.7 Å². The molecule has 1 saturated carbocycles. The molecule has 2 aliphatic rings. The van der Waals surface area contributed by atoms with Crippen molar-refractivity contribution in [1.29, 1.82) is 0 Å². The lowest BCUT2D eigenvalue weighted by Crippen LogP contribution is -2.48. The van der Waals surface area contributed by atoms with Crippen molar-refractivity contribution in [1.82, 2.24) is 9.80 Å². The molecule has 2 unspecified atom stereocenters. The van der Waals surface area contributed by atoms with E-state index in [0.29, 0.717) is 25.0 Å². The van der Waals surface area contributed by atoms with Crippen molar-refractivity contribution < 1.29 is 14.7 Å². The Balaban J connectivity index is 1.99. The highest BCUT2D eigenvalue weighted by atomic mass is 16.4. The maximum absolute atomic E-state index is 12.6. The Morgan fingerprint density at radius 1 is 1.10 bits per heavy atom. The molecule has 1 aliphatic heterocycles. The summed E-state index contributed by atoms with van der Waals surface area (Å²) in [4.78, 5) is 27.3. The highest BCUT2D eigenvalue weighted by Gasteiger charge is 2.39. The predicted octanol–water partition coefficient (Wildman–Crippen LogP) is 2.27. The van der Waals surface area contributed by atoms with Gasteiger partial charge in [0.05, 0.1) is 5.92 Å². The number of carboxylic acids is 1. The number of hydrogen-bond donors (Lipinski definition) is 1. The number of carboxylic acid groups (broad SMARTS) is 1. The fourth-order valence-corrected chi connectivity index (χ4v) is 3.68. The minimum atomic E-state index is -0.790. The molecule has 5 heteroatoms. The van der Waals surface area contributed by atoms with Gasteiger partial charge in [0.15, 0.2) is 0 Å². The number of rotatable bonds is 2. The molecule has 2 fully saturated rings. The molecule has 114 valence electrons. The highest BCUT2D eigenvalue weighted by Crippen LogP contribution is 2.30. The van der Waals surface area contributed by atoms with Gasteiger partial charge in [0.25, 0.3) is 0 Å². The van der Waals surface area contributed by atoms with Crippen molar-refractivity contribution in [3.8, 4) is 0 Å². The summed E-state index contributed by atoms with van der Waals surface area (Å²) in [6.07, 6.45) is 4.67. The van der Waals surface area contributed by atoms with Crippen LogP contribution in [0.5, 0.6) is 0 Å². The second-order valence-electron chi connectivity index (χ2n) is 6.55. The molecule has 0 bridgehead atoms. The summed E-state index contributed by atoms with van der Waals surface area (Å²) in [6.45, 7) is 5.03. The molecular formula is C15H26N2O3. The van der Waals surface area contributed by atoms with Crippen LogP contribution < -0.4 is 0 Å². The molecule has 0 aromatic rings. The van der Waals surface area contributed by atoms with E-state index in [2.05, 4.69) is 6.92 Å². The van der Waals surface area contributed by atoms with Gasteiger partial charge in [-0.25, -0.2) is 4.79 Å². The van der Waals surface area contributed by atoms with Crippen molar-refractivity contribution in [3.05, 3.63) is 0 Å². The highest BCUT2D eigenvalue weighted by molar-refractivity contribution is 5.77. The quantitative estimate of drug-likeness (QED) is 0.845. The first-order valence-electron chi connectivity index (χ1n) is 7.66. The summed E-state index contributed by atoms with van der Waals surface area (Å²) in [5.74, 6) is -0.640. The van der Waals surface area contributed by atoms with Crippen LogP contribution >= 0.6 is 0 Å². The van der Waals surface area contributed by atoms with Crippen LogP contribution in [0.15, 0.2) is 0 Å². The van der Waals surface area contributed by atoms with Crippen molar-refractivity contribution in [2.45, 2.75) is 45.6 Å². The molecule has 0 aromatic heterocycles. The molecule has 0 aromatic carbocycles. The third-order valence-electron chi connectivity index (χ3n) is 5.07. The minimum Gasteiger partial charge on any atom is -0.481 e. The number of carbonyl (C=O) groups is 2. The Bertz CT molecular complexity index is 385. The number of urea groups is 1. The largest absolute Gasteiger partial charge is 0.481 e. The van der Waals surface area contributed by atoms with Crippen LogP contribution in [0.4, 0.5) is 4.79 Å². The van der Waals surface area contributed by atoms with E-state index in [1.54, 1.807) is 4.90 Å². The third-order valence-corrected chi connectivity index (χ3v) is 5.07. The van der Waals surface area contributed by atoms with Gasteiger partial charge in [0.2, 0.25) is 0 Å². The van der Waals surface area contributed by atoms with E-state index >= 15 is 0 Å². The fraction of sp³-hybridized carbons (Fsp3) is 0.867. The average Bonchev–Trinajstić information content (AvgIpc) is 2.80. The third kappa shape index (κ3) is 2.91. The number of hydrogen-bond acceptors (Lipinski definition) is 2. The first-order valence-corrected chi connectivity index (χ1v) is 7.66. The number of aliphatic carboxylic acids is 1. The Kier molecular flexibility index (Phi) is 4.55. The van der Waals surface area contributed by atoms with E-state index < -0.39 is 11.9 Å². The second-order valence-corrected chi connectivity index (χ2v) is 6.55. The number of likely N-dealkylation sites (tertiary alicyclic amines) is 1. The molecule has 4 atom stereocenters. The van der Waals surface area contributed by atoms with Gasteiger partial charge in [-0.15, -0.1) is 0 Å². The lowest BCUT2D eigenvalue weighted by molar-refractivity contribution is -0.142. The van der Waals surface area contributed by atoms with Crippen LogP contribution in [-0.4, -0.2) is 53.1 Å². The van der Waals surface area contributed by atoms with E-state index in [1.807, 2.05) is 18.9 Å². The molecule has 1 aliphatic carbocycles. The molecule has 2 rings (SSSR count). The van der Waals surface area contributed by atoms with Crippen molar-refractivity contribution in [2.24, 2.45) is 17.8 Å². The molecule has 0 radical (unpaired) electrons. The zero-order valence-electron chi connectivity index (χ0n) is 12.7. The van der Waals surface area contributed by atoms with Gasteiger partial charge in [0.1, 0.15) is 0 Å². The van der Waals surface area contributed by atoms with Crippen LogP contribution in [0.25, 0.3) is 0 Å². The van der Waals surface area contributed by atoms with Gasteiger partial charge < -0.3 is 14.9 Å². The average molecular weight is 282 g/mol. The Hall–Kier alpha value is -1.26. The van der Waals surface area contributed by atoms with E-state index in [4.69, 9.17) is 5.11 Å². The Labute approximate surface area is 120 Å². The van der Waals surface area contributed by atoms with Crippen molar-refractivity contribution >= 4 is 12.0 Å². The SMILES string of the molecule is CC1CCCCC1N(C)C(=O)N1C[C@@H](C)[C@H](C(=O)O)C1. The van der Waals surface area contributed by atoms with E-state index in [1.165, 1.54) is 19.3 Å². The van der Waals surface area contributed by atoms with Gasteiger partial charge in [-0.05, 0) is 24.7 Å². The first-order chi connectivity index (χ1) is 9.41. The summed E-state index contributed by atoms with van der Waals surface area (Å²) >= 11 is 0. The number of nitrogens with zero attached hydrogens (tertiary/aromatic N) is 2. The molecule has 20 heavy (non-hydrogen) atoms. The van der Waals surface area contributed by atoms with Crippen molar-refractivity contribution in [3.63, 3.8) is 0 Å². The lowest BCUT2D eigenvalue weighted by atomic mass is 9.85. The molecule has 5 nitrogen and oxygen atoms in total.